The van der Waals surface area contributed by atoms with E-state index in [9.17, 15) is 14.4 Å². The lowest BCUT2D eigenvalue weighted by atomic mass is 10.1. The second-order valence-corrected chi connectivity index (χ2v) is 6.95. The van der Waals surface area contributed by atoms with E-state index in [0.717, 1.165) is 10.1 Å². The van der Waals surface area contributed by atoms with Crippen molar-refractivity contribution in [1.82, 2.24) is 14.1 Å². The number of aromatic nitrogens is 3. The van der Waals surface area contributed by atoms with Crippen molar-refractivity contribution in [3.8, 4) is 17.2 Å². The van der Waals surface area contributed by atoms with Gasteiger partial charge in [0.15, 0.2) is 17.1 Å². The minimum Gasteiger partial charge on any atom is -0.493 e. The Balaban J connectivity index is 1.73. The standard InChI is InChI=1S/C21H22N4O6/c1-4-12-9-22-19-17(18(12)29-5-2)20(27)25(21(28)24(19)3)10-16(26)23-13-6-7-14-15(8-13)31-11-30-14/h6-9H,4-5,10-11H2,1-3H3,(H,23,26). The van der Waals surface area contributed by atoms with E-state index in [2.05, 4.69) is 10.3 Å². The first-order valence-electron chi connectivity index (χ1n) is 9.88. The Hall–Kier alpha value is -3.82. The molecule has 2 aromatic heterocycles. The molecular formula is C21H22N4O6. The van der Waals surface area contributed by atoms with E-state index in [1.807, 2.05) is 13.8 Å². The fourth-order valence-electron chi connectivity index (χ4n) is 3.48. The summed E-state index contributed by atoms with van der Waals surface area (Å²) in [7, 11) is 1.50. The topological polar surface area (TPSA) is 114 Å². The van der Waals surface area contributed by atoms with Crippen LogP contribution in [0.4, 0.5) is 5.69 Å². The van der Waals surface area contributed by atoms with Crippen LogP contribution >= 0.6 is 0 Å². The normalized spacial score (nSPS) is 12.2. The predicted molar refractivity (Wildman–Crippen MR) is 113 cm³/mol. The van der Waals surface area contributed by atoms with Gasteiger partial charge in [-0.15, -0.1) is 0 Å². The second kappa shape index (κ2) is 8.13. The average molecular weight is 426 g/mol. The highest BCUT2D eigenvalue weighted by atomic mass is 16.7. The summed E-state index contributed by atoms with van der Waals surface area (Å²) in [5, 5.41) is 2.85. The fourth-order valence-corrected chi connectivity index (χ4v) is 3.48. The van der Waals surface area contributed by atoms with Crippen LogP contribution in [0.25, 0.3) is 11.0 Å². The number of benzene rings is 1. The summed E-state index contributed by atoms with van der Waals surface area (Å²) in [5.41, 5.74) is 0.164. The molecule has 0 fully saturated rings. The molecule has 4 rings (SSSR count). The molecule has 3 aromatic rings. The molecule has 162 valence electrons. The lowest BCUT2D eigenvalue weighted by molar-refractivity contribution is -0.116. The third-order valence-electron chi connectivity index (χ3n) is 5.01. The smallest absolute Gasteiger partial charge is 0.332 e. The van der Waals surface area contributed by atoms with Crippen LogP contribution in [0, 0.1) is 0 Å². The summed E-state index contributed by atoms with van der Waals surface area (Å²) in [6.45, 7) is 3.73. The molecule has 31 heavy (non-hydrogen) atoms. The molecule has 1 aliphatic heterocycles. The molecule has 1 amide bonds. The van der Waals surface area contributed by atoms with Gasteiger partial charge in [-0.05, 0) is 25.5 Å². The molecule has 0 radical (unpaired) electrons. The molecule has 3 heterocycles. The fraction of sp³-hybridized carbons (Fsp3) is 0.333. The molecule has 0 atom stereocenters. The number of nitrogens with zero attached hydrogens (tertiary/aromatic N) is 3. The minimum absolute atomic E-state index is 0.116. The molecule has 0 unspecified atom stereocenters. The number of hydrogen-bond acceptors (Lipinski definition) is 7. The Morgan fingerprint density at radius 1 is 1.23 bits per heavy atom. The molecule has 10 nitrogen and oxygen atoms in total. The van der Waals surface area contributed by atoms with E-state index in [4.69, 9.17) is 14.2 Å². The van der Waals surface area contributed by atoms with Crippen LogP contribution in [-0.4, -0.2) is 33.4 Å². The van der Waals surface area contributed by atoms with Gasteiger partial charge in [-0.3, -0.25) is 14.2 Å². The van der Waals surface area contributed by atoms with Crippen LogP contribution in [0.15, 0.2) is 34.0 Å². The van der Waals surface area contributed by atoms with Gasteiger partial charge >= 0.3 is 5.69 Å². The van der Waals surface area contributed by atoms with Crippen LogP contribution < -0.4 is 30.8 Å². The third kappa shape index (κ3) is 3.60. The van der Waals surface area contributed by atoms with Crippen molar-refractivity contribution in [2.75, 3.05) is 18.7 Å². The zero-order valence-electron chi connectivity index (χ0n) is 17.4. The number of carbonyl (C=O) groups excluding carboxylic acids is 1. The Morgan fingerprint density at radius 3 is 2.74 bits per heavy atom. The summed E-state index contributed by atoms with van der Waals surface area (Å²) in [4.78, 5) is 42.9. The first kappa shape index (κ1) is 20.5. The number of fused-ring (bicyclic) bond motifs is 2. The molecule has 0 spiro atoms. The zero-order valence-corrected chi connectivity index (χ0v) is 17.4. The SMILES string of the molecule is CCOc1c(CC)cnc2c1c(=O)n(CC(=O)Nc1ccc3c(c1)OCO3)c(=O)n2C. The second-order valence-electron chi connectivity index (χ2n) is 6.95. The van der Waals surface area contributed by atoms with Gasteiger partial charge in [0.05, 0.1) is 6.61 Å². The van der Waals surface area contributed by atoms with Crippen LogP contribution in [-0.2, 0) is 24.8 Å². The zero-order chi connectivity index (χ0) is 22.1. The Bertz CT molecular complexity index is 1290. The van der Waals surface area contributed by atoms with Crippen molar-refractivity contribution in [3.05, 3.63) is 50.8 Å². The number of ether oxygens (including phenoxy) is 3. The number of nitrogens with one attached hydrogen (secondary N) is 1. The van der Waals surface area contributed by atoms with Crippen molar-refractivity contribution in [2.45, 2.75) is 26.8 Å². The quantitative estimate of drug-likeness (QED) is 0.634. The Kier molecular flexibility index (Phi) is 5.37. The van der Waals surface area contributed by atoms with Gasteiger partial charge < -0.3 is 19.5 Å². The Labute approximate surface area is 177 Å². The minimum atomic E-state index is -0.641. The predicted octanol–water partition coefficient (Wildman–Crippen LogP) is 1.42. The van der Waals surface area contributed by atoms with Gasteiger partial charge in [-0.25, -0.2) is 14.3 Å². The largest absolute Gasteiger partial charge is 0.493 e. The Morgan fingerprint density at radius 2 is 2.00 bits per heavy atom. The van der Waals surface area contributed by atoms with Crippen molar-refractivity contribution >= 4 is 22.6 Å². The molecule has 0 saturated heterocycles. The summed E-state index contributed by atoms with van der Waals surface area (Å²) in [6.07, 6.45) is 2.20. The molecular weight excluding hydrogens is 404 g/mol. The van der Waals surface area contributed by atoms with Crippen molar-refractivity contribution < 1.29 is 19.0 Å². The van der Waals surface area contributed by atoms with E-state index >= 15 is 0 Å². The lowest BCUT2D eigenvalue weighted by Crippen LogP contribution is -2.42. The highest BCUT2D eigenvalue weighted by molar-refractivity contribution is 5.91. The van der Waals surface area contributed by atoms with Crippen molar-refractivity contribution in [3.63, 3.8) is 0 Å². The molecule has 1 N–H and O–H groups in total. The van der Waals surface area contributed by atoms with Crippen molar-refractivity contribution in [2.24, 2.45) is 7.05 Å². The first-order valence-corrected chi connectivity index (χ1v) is 9.88. The van der Waals surface area contributed by atoms with Crippen LogP contribution in [0.1, 0.15) is 19.4 Å². The van der Waals surface area contributed by atoms with E-state index < -0.39 is 23.7 Å². The first-order chi connectivity index (χ1) is 14.9. The van der Waals surface area contributed by atoms with Crippen LogP contribution in [0.3, 0.4) is 0 Å². The highest BCUT2D eigenvalue weighted by Gasteiger charge is 2.21. The van der Waals surface area contributed by atoms with Crippen LogP contribution in [0.2, 0.25) is 0 Å². The number of anilines is 1. The van der Waals surface area contributed by atoms with E-state index in [-0.39, 0.29) is 17.8 Å². The van der Waals surface area contributed by atoms with Crippen molar-refractivity contribution in [1.29, 1.82) is 0 Å². The summed E-state index contributed by atoms with van der Waals surface area (Å²) in [5.74, 6) is 0.951. The molecule has 1 aliphatic rings. The number of amides is 1. The van der Waals surface area contributed by atoms with Gasteiger partial charge in [0.25, 0.3) is 5.56 Å². The molecule has 0 saturated carbocycles. The lowest BCUT2D eigenvalue weighted by Gasteiger charge is -2.15. The molecule has 1 aromatic carbocycles. The van der Waals surface area contributed by atoms with E-state index in [1.54, 1.807) is 24.4 Å². The van der Waals surface area contributed by atoms with Crippen LogP contribution in [0.5, 0.6) is 17.2 Å². The van der Waals surface area contributed by atoms with Gasteiger partial charge in [0.2, 0.25) is 12.7 Å². The summed E-state index contributed by atoms with van der Waals surface area (Å²) >= 11 is 0. The van der Waals surface area contributed by atoms with Gasteiger partial charge in [0.1, 0.15) is 17.7 Å². The maximum Gasteiger partial charge on any atom is 0.332 e. The third-order valence-corrected chi connectivity index (χ3v) is 5.01. The average Bonchev–Trinajstić information content (AvgIpc) is 3.23. The van der Waals surface area contributed by atoms with Gasteiger partial charge in [-0.1, -0.05) is 6.92 Å². The highest BCUT2D eigenvalue weighted by Crippen LogP contribution is 2.34. The summed E-state index contributed by atoms with van der Waals surface area (Å²) < 4.78 is 18.4. The monoisotopic (exact) mass is 426 g/mol. The molecule has 0 aliphatic carbocycles. The van der Waals surface area contributed by atoms with Gasteiger partial charge in [-0.2, -0.15) is 0 Å². The number of carbonyl (C=O) groups is 1. The summed E-state index contributed by atoms with van der Waals surface area (Å²) in [6, 6.07) is 4.94. The number of hydrogen-bond donors (Lipinski definition) is 1. The number of pyridine rings is 1. The maximum absolute atomic E-state index is 13.2. The van der Waals surface area contributed by atoms with Gasteiger partial charge in [0, 0.05) is 30.6 Å². The number of rotatable bonds is 6. The van der Waals surface area contributed by atoms with E-state index in [1.165, 1.54) is 11.6 Å². The van der Waals surface area contributed by atoms with E-state index in [0.29, 0.717) is 36.0 Å². The maximum atomic E-state index is 13.2. The molecule has 0 bridgehead atoms. The molecule has 10 heteroatoms. The number of aryl methyl sites for hydroxylation is 2.